The van der Waals surface area contributed by atoms with Gasteiger partial charge in [0.15, 0.2) is 0 Å². The highest BCUT2D eigenvalue weighted by Crippen LogP contribution is 2.30. The molecule has 2 aliphatic heterocycles. The van der Waals surface area contributed by atoms with E-state index in [1.165, 1.54) is 48.7 Å². The normalized spacial score (nSPS) is 24.0. The van der Waals surface area contributed by atoms with E-state index in [9.17, 15) is 0 Å². The van der Waals surface area contributed by atoms with Crippen LogP contribution in [0.5, 0.6) is 0 Å². The monoisotopic (exact) mass is 307 g/mol. The molecule has 0 aromatic carbocycles. The highest BCUT2D eigenvalue weighted by Gasteiger charge is 2.27. The van der Waals surface area contributed by atoms with Gasteiger partial charge < -0.3 is 9.88 Å². The van der Waals surface area contributed by atoms with Gasteiger partial charge in [-0.15, -0.1) is 0 Å². The van der Waals surface area contributed by atoms with Gasteiger partial charge in [-0.3, -0.25) is 0 Å². The van der Waals surface area contributed by atoms with Gasteiger partial charge in [0.2, 0.25) is 0 Å². The lowest BCUT2D eigenvalue weighted by molar-refractivity contribution is 0.390. The maximum absolute atomic E-state index is 4.99. The zero-order valence-electron chi connectivity index (χ0n) is 13.7. The molecular weight excluding hydrogens is 278 g/mol. The fourth-order valence-electron chi connectivity index (χ4n) is 3.34. The van der Waals surface area contributed by atoms with Gasteiger partial charge in [0, 0.05) is 36.7 Å². The van der Waals surface area contributed by atoms with Crippen LogP contribution in [0.25, 0.3) is 0 Å². The Balaban J connectivity index is 1.66. The van der Waals surface area contributed by atoms with Crippen molar-refractivity contribution in [1.29, 1.82) is 0 Å². The first-order chi connectivity index (χ1) is 10.0. The lowest BCUT2D eigenvalue weighted by Gasteiger charge is -2.28. The fourth-order valence-corrected chi connectivity index (χ4v) is 4.44. The quantitative estimate of drug-likeness (QED) is 0.926. The van der Waals surface area contributed by atoms with Crippen LogP contribution < -0.4 is 5.32 Å². The molecule has 21 heavy (non-hydrogen) atoms. The Labute approximate surface area is 133 Å². The summed E-state index contributed by atoms with van der Waals surface area (Å²) in [6, 6.07) is 0.735. The van der Waals surface area contributed by atoms with Crippen molar-refractivity contribution in [2.45, 2.75) is 70.4 Å². The SMILES string of the molecule is CC(C)(C)c1cn2c(n1)[C@H](CNC1CCSCC1)CCC2. The second kappa shape index (κ2) is 6.33. The van der Waals surface area contributed by atoms with Crippen molar-refractivity contribution in [1.82, 2.24) is 14.9 Å². The van der Waals surface area contributed by atoms with Crippen molar-refractivity contribution in [2.24, 2.45) is 0 Å². The lowest BCUT2D eigenvalue weighted by Crippen LogP contribution is -2.36. The van der Waals surface area contributed by atoms with Gasteiger partial charge in [0.25, 0.3) is 0 Å². The molecule has 1 N–H and O–H groups in total. The van der Waals surface area contributed by atoms with E-state index in [-0.39, 0.29) is 5.41 Å². The number of fused-ring (bicyclic) bond motifs is 1. The number of nitrogens with one attached hydrogen (secondary N) is 1. The maximum Gasteiger partial charge on any atom is 0.113 e. The Kier molecular flexibility index (Phi) is 4.65. The van der Waals surface area contributed by atoms with Crippen molar-refractivity contribution in [3.8, 4) is 0 Å². The Morgan fingerprint density at radius 3 is 2.76 bits per heavy atom. The van der Waals surface area contributed by atoms with Crippen LogP contribution in [0.3, 0.4) is 0 Å². The van der Waals surface area contributed by atoms with Gasteiger partial charge in [0.05, 0.1) is 5.69 Å². The molecular formula is C17H29N3S. The predicted octanol–water partition coefficient (Wildman–Crippen LogP) is 3.54. The summed E-state index contributed by atoms with van der Waals surface area (Å²) in [5, 5.41) is 3.81. The van der Waals surface area contributed by atoms with Crippen LogP contribution in [0.15, 0.2) is 6.20 Å². The Morgan fingerprint density at radius 2 is 2.05 bits per heavy atom. The summed E-state index contributed by atoms with van der Waals surface area (Å²) in [5.74, 6) is 4.57. The molecule has 0 amide bonds. The molecule has 0 radical (unpaired) electrons. The third-order valence-corrected chi connectivity index (χ3v) is 5.82. The summed E-state index contributed by atoms with van der Waals surface area (Å²) in [7, 11) is 0. The van der Waals surface area contributed by atoms with Crippen molar-refractivity contribution in [2.75, 3.05) is 18.1 Å². The number of aromatic nitrogens is 2. The fraction of sp³-hybridized carbons (Fsp3) is 0.824. The minimum absolute atomic E-state index is 0.156. The Bertz CT molecular complexity index is 469. The number of hydrogen-bond acceptors (Lipinski definition) is 3. The first-order valence-corrected chi connectivity index (χ1v) is 9.58. The molecule has 1 atom stereocenters. The third kappa shape index (κ3) is 3.65. The largest absolute Gasteiger partial charge is 0.334 e. The minimum atomic E-state index is 0.156. The second-order valence-corrected chi connectivity index (χ2v) is 8.79. The average molecular weight is 308 g/mol. The van der Waals surface area contributed by atoms with E-state index in [0.29, 0.717) is 5.92 Å². The van der Waals surface area contributed by atoms with E-state index in [2.05, 4.69) is 48.6 Å². The zero-order chi connectivity index (χ0) is 14.9. The van der Waals surface area contributed by atoms with E-state index >= 15 is 0 Å². The van der Waals surface area contributed by atoms with Crippen LogP contribution >= 0.6 is 11.8 Å². The zero-order valence-corrected chi connectivity index (χ0v) is 14.5. The number of aryl methyl sites for hydroxylation is 1. The van der Waals surface area contributed by atoms with Gasteiger partial charge in [0.1, 0.15) is 5.82 Å². The van der Waals surface area contributed by atoms with E-state index < -0.39 is 0 Å². The van der Waals surface area contributed by atoms with Crippen molar-refractivity contribution < 1.29 is 0 Å². The highest BCUT2D eigenvalue weighted by atomic mass is 32.2. The summed E-state index contributed by atoms with van der Waals surface area (Å²) in [6.07, 6.45) is 7.53. The van der Waals surface area contributed by atoms with Gasteiger partial charge in [-0.25, -0.2) is 4.98 Å². The molecule has 2 aliphatic rings. The molecule has 0 spiro atoms. The number of rotatable bonds is 3. The second-order valence-electron chi connectivity index (χ2n) is 7.56. The maximum atomic E-state index is 4.99. The summed E-state index contributed by atoms with van der Waals surface area (Å²) >= 11 is 2.10. The standard InChI is InChI=1S/C17H29N3S/c1-17(2,3)15-12-20-8-4-5-13(16(20)19-15)11-18-14-6-9-21-10-7-14/h12-14,18H,4-11H2,1-3H3/t13-/m0/s1. The molecule has 0 saturated carbocycles. The molecule has 1 saturated heterocycles. The lowest BCUT2D eigenvalue weighted by atomic mass is 9.93. The first-order valence-electron chi connectivity index (χ1n) is 8.43. The smallest absolute Gasteiger partial charge is 0.113 e. The molecule has 0 bridgehead atoms. The topological polar surface area (TPSA) is 29.9 Å². The first kappa shape index (κ1) is 15.4. The van der Waals surface area contributed by atoms with Crippen LogP contribution in [0.4, 0.5) is 0 Å². The van der Waals surface area contributed by atoms with E-state index in [1.54, 1.807) is 0 Å². The summed E-state index contributed by atoms with van der Waals surface area (Å²) in [6.45, 7) is 9.03. The predicted molar refractivity (Wildman–Crippen MR) is 91.3 cm³/mol. The Morgan fingerprint density at radius 1 is 1.29 bits per heavy atom. The van der Waals surface area contributed by atoms with Crippen LogP contribution in [-0.2, 0) is 12.0 Å². The molecule has 0 aliphatic carbocycles. The van der Waals surface area contributed by atoms with Crippen LogP contribution in [-0.4, -0.2) is 33.6 Å². The van der Waals surface area contributed by atoms with E-state index in [4.69, 9.17) is 4.98 Å². The Hall–Kier alpha value is -0.480. The molecule has 1 aromatic heterocycles. The number of imidazole rings is 1. The molecule has 3 nitrogen and oxygen atoms in total. The van der Waals surface area contributed by atoms with E-state index in [1.807, 2.05) is 0 Å². The number of nitrogens with zero attached hydrogens (tertiary/aromatic N) is 2. The molecule has 1 fully saturated rings. The summed E-state index contributed by atoms with van der Waals surface area (Å²) in [5.41, 5.74) is 1.40. The molecule has 0 unspecified atom stereocenters. The van der Waals surface area contributed by atoms with Crippen LogP contribution in [0, 0.1) is 0 Å². The molecule has 3 rings (SSSR count). The number of hydrogen-bond donors (Lipinski definition) is 1. The highest BCUT2D eigenvalue weighted by molar-refractivity contribution is 7.99. The van der Waals surface area contributed by atoms with Crippen molar-refractivity contribution in [3.05, 3.63) is 17.7 Å². The van der Waals surface area contributed by atoms with Gasteiger partial charge in [-0.05, 0) is 37.2 Å². The van der Waals surface area contributed by atoms with Crippen LogP contribution in [0.2, 0.25) is 0 Å². The molecule has 1 aromatic rings. The summed E-state index contributed by atoms with van der Waals surface area (Å²) < 4.78 is 2.41. The average Bonchev–Trinajstić information content (AvgIpc) is 2.91. The molecule has 118 valence electrons. The van der Waals surface area contributed by atoms with E-state index in [0.717, 1.165) is 19.1 Å². The van der Waals surface area contributed by atoms with Crippen LogP contribution in [0.1, 0.15) is 63.9 Å². The number of thioether (sulfide) groups is 1. The van der Waals surface area contributed by atoms with Gasteiger partial charge in [-0.1, -0.05) is 20.8 Å². The molecule has 3 heterocycles. The molecule has 4 heteroatoms. The van der Waals surface area contributed by atoms with Crippen molar-refractivity contribution in [3.63, 3.8) is 0 Å². The minimum Gasteiger partial charge on any atom is -0.334 e. The summed E-state index contributed by atoms with van der Waals surface area (Å²) in [4.78, 5) is 4.99. The van der Waals surface area contributed by atoms with Gasteiger partial charge >= 0.3 is 0 Å². The van der Waals surface area contributed by atoms with Crippen molar-refractivity contribution >= 4 is 11.8 Å². The van der Waals surface area contributed by atoms with Gasteiger partial charge in [-0.2, -0.15) is 11.8 Å². The third-order valence-electron chi connectivity index (χ3n) is 4.77.